The number of carbonyl (C=O) groups is 3. The molecule has 0 bridgehead atoms. The quantitative estimate of drug-likeness (QED) is 0.00906. The third-order valence-corrected chi connectivity index (χ3v) is 22.2. The van der Waals surface area contributed by atoms with Gasteiger partial charge in [0, 0.05) is 92.1 Å². The zero-order chi connectivity index (χ0) is 72.6. The van der Waals surface area contributed by atoms with Crippen LogP contribution in [0.15, 0.2) is 109 Å². The van der Waals surface area contributed by atoms with Crippen LogP contribution >= 0.6 is 11.6 Å². The van der Waals surface area contributed by atoms with Crippen molar-refractivity contribution in [2.45, 2.75) is 127 Å². The molecule has 0 aliphatic carbocycles. The molecule has 0 radical (unpaired) electrons. The highest BCUT2D eigenvalue weighted by Crippen LogP contribution is 2.45. The van der Waals surface area contributed by atoms with E-state index < -0.39 is 114 Å². The molecule has 542 valence electrons. The zero-order valence-corrected chi connectivity index (χ0v) is 58.5. The number of benzene rings is 5. The van der Waals surface area contributed by atoms with Crippen molar-refractivity contribution in [3.63, 3.8) is 0 Å². The first-order valence-electron chi connectivity index (χ1n) is 32.0. The van der Waals surface area contributed by atoms with E-state index in [1.54, 1.807) is 19.3 Å². The van der Waals surface area contributed by atoms with Crippen LogP contribution in [0.4, 0.5) is 28.4 Å². The van der Waals surface area contributed by atoms with Crippen LogP contribution in [0.3, 0.4) is 0 Å². The Bertz CT molecular complexity index is 3690. The Kier molecular flexibility index (Phi) is 27.2. The first-order chi connectivity index (χ1) is 47.7. The number of nitrogens with one attached hydrogen (secondary N) is 2. The lowest BCUT2D eigenvalue weighted by Gasteiger charge is -2.51. The number of anilines is 2. The molecular weight excluding hydrogens is 1350 g/mol. The van der Waals surface area contributed by atoms with Crippen molar-refractivity contribution in [1.82, 2.24) is 0 Å². The average molecular weight is 1430 g/mol. The fourth-order valence-electron chi connectivity index (χ4n) is 11.1. The van der Waals surface area contributed by atoms with Gasteiger partial charge in [0.05, 0.1) is 67.6 Å². The van der Waals surface area contributed by atoms with Gasteiger partial charge in [-0.3, -0.25) is 44.7 Å². The van der Waals surface area contributed by atoms with Crippen molar-refractivity contribution < 1.29 is 95.2 Å². The summed E-state index contributed by atoms with van der Waals surface area (Å²) >= 11 is 6.17. The van der Waals surface area contributed by atoms with Gasteiger partial charge in [-0.15, -0.1) is 0 Å². The van der Waals surface area contributed by atoms with Crippen LogP contribution < -0.4 is 42.0 Å². The second-order valence-electron chi connectivity index (χ2n) is 25.0. The number of nitrogens with two attached hydrogens (primary N) is 3. The zero-order valence-electron chi connectivity index (χ0n) is 56.7. The van der Waals surface area contributed by atoms with E-state index in [9.17, 15) is 44.7 Å². The normalized spacial score (nSPS) is 23.5. The van der Waals surface area contributed by atoms with Crippen molar-refractivity contribution in [3.8, 4) is 17.2 Å². The highest BCUT2D eigenvalue weighted by atomic mass is 35.5. The largest absolute Gasteiger partial charge is 0.494 e. The smallest absolute Gasteiger partial charge is 0.296 e. The lowest BCUT2D eigenvalue weighted by atomic mass is 9.89. The van der Waals surface area contributed by atoms with Gasteiger partial charge in [-0.1, -0.05) is 112 Å². The number of rotatable bonds is 31. The molecule has 4 fully saturated rings. The number of hydrogen-bond acceptors (Lipinski definition) is 25. The Morgan fingerprint density at radius 3 is 1.47 bits per heavy atom. The van der Waals surface area contributed by atoms with E-state index >= 15 is 0 Å². The van der Waals surface area contributed by atoms with Gasteiger partial charge in [-0.05, 0) is 36.3 Å². The van der Waals surface area contributed by atoms with Crippen molar-refractivity contribution >= 4 is 66.1 Å². The van der Waals surface area contributed by atoms with E-state index in [0.717, 1.165) is 29.3 Å². The van der Waals surface area contributed by atoms with Crippen LogP contribution in [0.2, 0.25) is 23.2 Å². The molecule has 5 aromatic rings. The first-order valence-corrected chi connectivity index (χ1v) is 35.3. The molecule has 4 aliphatic rings. The van der Waals surface area contributed by atoms with Crippen molar-refractivity contribution in [2.24, 2.45) is 23.1 Å². The number of nitrogens with zero attached hydrogens (tertiary/aromatic N) is 3. The summed E-state index contributed by atoms with van der Waals surface area (Å²) in [6.45, 7) is 14.1. The van der Waals surface area contributed by atoms with Gasteiger partial charge < -0.3 is 93.8 Å². The molecule has 4 saturated heterocycles. The first kappa shape index (κ1) is 77.3. The third-order valence-electron chi connectivity index (χ3n) is 17.3. The highest BCUT2D eigenvalue weighted by molar-refractivity contribution is 6.74. The van der Waals surface area contributed by atoms with Gasteiger partial charge in [0.25, 0.3) is 17.1 Å². The van der Waals surface area contributed by atoms with Crippen molar-refractivity contribution in [1.29, 1.82) is 0 Å². The monoisotopic (exact) mass is 1430 g/mol. The Labute approximate surface area is 582 Å². The van der Waals surface area contributed by atoms with E-state index in [2.05, 4.69) is 44.5 Å². The molecule has 3 amide bonds. The number of amides is 3. The van der Waals surface area contributed by atoms with Gasteiger partial charge in [-0.2, -0.15) is 0 Å². The summed E-state index contributed by atoms with van der Waals surface area (Å²) in [5, 5.41) is 40.6. The summed E-state index contributed by atoms with van der Waals surface area (Å²) in [6, 6.07) is 26.3. The number of primary amides is 3. The predicted octanol–water partition coefficient (Wildman–Crippen LogP) is 9.44. The SMILES string of the molecule is CO[C@H]1O[C@@H]2COC(c3ccccc3)O[C@H]2[C@H](O[Si](C)(C)C(C)(C)C)[C@H]1OCCCOc1cc(C(N)=O)cc([N+](=O)[O-])c1Cl.COc1cc(C(N)=O)cc([N+](=O)[O-])c1NC/C=C/CNc1c(OCCCO[C@H]2[C@@H](OC)O[C@@H]3COC(c4ccccc4)O[C@H]3[C@@H]2C)cc(C(N)=O)cc1[N+](=O)[O-]. The summed E-state index contributed by atoms with van der Waals surface area (Å²) in [4.78, 5) is 68.4. The lowest BCUT2D eigenvalue weighted by Crippen LogP contribution is -2.66. The van der Waals surface area contributed by atoms with E-state index in [0.29, 0.717) is 26.1 Å². The molecule has 12 atom stereocenters. The molecule has 4 aliphatic heterocycles. The molecule has 0 spiro atoms. The number of methoxy groups -OCH3 is 3. The van der Waals surface area contributed by atoms with E-state index in [4.69, 9.17) is 94.8 Å². The van der Waals surface area contributed by atoms with Gasteiger partial charge in [0.15, 0.2) is 49.9 Å². The molecular formula is C67H85ClN8O23Si. The molecule has 8 N–H and O–H groups in total. The topological polar surface area (TPSA) is 412 Å². The highest BCUT2D eigenvalue weighted by Gasteiger charge is 2.55. The number of carbonyl (C=O) groups excluding carboxylic acids is 3. The molecule has 100 heavy (non-hydrogen) atoms. The molecule has 4 heterocycles. The number of nitro benzene ring substituents is 3. The summed E-state index contributed by atoms with van der Waals surface area (Å²) in [5.74, 6) is -2.67. The number of fused-ring (bicyclic) bond motifs is 2. The van der Waals surface area contributed by atoms with Gasteiger partial charge in [0.2, 0.25) is 17.7 Å². The maximum Gasteiger partial charge on any atom is 0.296 e. The van der Waals surface area contributed by atoms with E-state index in [-0.39, 0.29) is 113 Å². The molecule has 33 heteroatoms. The Hall–Kier alpha value is -8.48. The Morgan fingerprint density at radius 1 is 0.590 bits per heavy atom. The molecule has 0 aromatic heterocycles. The summed E-state index contributed by atoms with van der Waals surface area (Å²) < 4.78 is 85.0. The van der Waals surface area contributed by atoms with Crippen molar-refractivity contribution in [3.05, 3.63) is 172 Å². The van der Waals surface area contributed by atoms with Gasteiger partial charge in [-0.25, -0.2) is 0 Å². The average Bonchev–Trinajstić information content (AvgIpc) is 0.764. The summed E-state index contributed by atoms with van der Waals surface area (Å²) in [7, 11) is 2.03. The third kappa shape index (κ3) is 19.3. The minimum Gasteiger partial charge on any atom is -0.494 e. The second-order valence-corrected chi connectivity index (χ2v) is 30.2. The molecule has 0 saturated carbocycles. The van der Waals surface area contributed by atoms with Gasteiger partial charge >= 0.3 is 0 Å². The lowest BCUT2D eigenvalue weighted by molar-refractivity contribution is -0.384. The molecule has 2 unspecified atom stereocenters. The molecule has 9 rings (SSSR count). The standard InChI is InChI=1S/C37H44N6O13.C30H41ClN2O10Si/c1-21-32-29(20-54-36(56-32)22-10-5-4-6-11-22)55-37(51-3)33(21)53-15-9-14-52-28-19-24(35(39)45)17-26(43(48)49)31(28)41-13-8-7-12-40-30-25(42(46)47)16-23(34(38)44)18-27(30)50-2;1-30(2,3)44(5,6)43-25-24-22(17-40-28(42-24)18-11-8-7-9-12-18)41-29(37-4)26(25)39-14-10-13-38-21-16-19(27(32)34)15-20(23(21)31)33(35)36/h4-8,10-11,16-19,21,29,32-33,36-37,40-41H,9,12-15,20H2,1-3H3,(H2,38,44)(H2,39,45);7-9,11-12,15-16,22,24-26,28-29H,10,13-14,17H2,1-6H3,(H2,32,34)/b8-7+;/t21-,29+,32-,33+,36?,37-;22-,24-,25+,26-,28?,29+/m01/s1. The fraction of sp³-hybridized carbons (Fsp3) is 0.478. The fourth-order valence-corrected chi connectivity index (χ4v) is 12.7. The molecule has 5 aromatic carbocycles. The summed E-state index contributed by atoms with van der Waals surface area (Å²) in [6.07, 6.45) is -1.91. The second kappa shape index (κ2) is 35.2. The predicted molar refractivity (Wildman–Crippen MR) is 365 cm³/mol. The Balaban J connectivity index is 0.000000262. The van der Waals surface area contributed by atoms with Crippen molar-refractivity contribution in [2.75, 3.05) is 84.7 Å². The minimum atomic E-state index is -2.33. The maximum atomic E-state index is 12.1. The minimum absolute atomic E-state index is 0.00213. The Morgan fingerprint density at radius 2 is 1.01 bits per heavy atom. The number of nitro groups is 3. The van der Waals surface area contributed by atoms with E-state index in [1.165, 1.54) is 32.4 Å². The van der Waals surface area contributed by atoms with Crippen LogP contribution in [0.1, 0.15) is 95.3 Å². The number of ether oxygens (including phenoxy) is 13. The number of halogens is 1. The molecule has 31 nitrogen and oxygen atoms in total. The van der Waals surface area contributed by atoms with Crippen LogP contribution in [-0.4, -0.2) is 170 Å². The van der Waals surface area contributed by atoms with Crippen LogP contribution in [0.5, 0.6) is 17.2 Å². The van der Waals surface area contributed by atoms with Gasteiger partial charge in [0.1, 0.15) is 53.9 Å². The van der Waals surface area contributed by atoms with Crippen LogP contribution in [-0.2, 0) is 51.8 Å². The van der Waals surface area contributed by atoms with Crippen LogP contribution in [0.25, 0.3) is 0 Å². The van der Waals surface area contributed by atoms with Crippen LogP contribution in [0, 0.1) is 36.3 Å². The maximum absolute atomic E-state index is 12.1. The number of hydrogen-bond donors (Lipinski definition) is 5. The van der Waals surface area contributed by atoms with E-state index in [1.807, 2.05) is 67.6 Å². The summed E-state index contributed by atoms with van der Waals surface area (Å²) in [5.41, 5.74) is 16.3.